The molecule has 0 bridgehead atoms. The van der Waals surface area contributed by atoms with Crippen molar-refractivity contribution in [3.63, 3.8) is 0 Å². The van der Waals surface area contributed by atoms with Crippen LogP contribution >= 0.6 is 0 Å². The van der Waals surface area contributed by atoms with E-state index >= 15 is 0 Å². The number of aliphatic hydroxyl groups is 1. The molecular weight excluding hydrogens is 422 g/mol. The predicted octanol–water partition coefficient (Wildman–Crippen LogP) is 2.45. The largest absolute Gasteiger partial charge is 0.487 e. The van der Waals surface area contributed by atoms with Gasteiger partial charge in [0.15, 0.2) is 11.5 Å². The van der Waals surface area contributed by atoms with Crippen LogP contribution in [-0.4, -0.2) is 53.3 Å². The van der Waals surface area contributed by atoms with Crippen LogP contribution < -0.4 is 20.1 Å². The first kappa shape index (κ1) is 22.5. The van der Waals surface area contributed by atoms with Crippen molar-refractivity contribution in [2.24, 2.45) is 0 Å². The highest BCUT2D eigenvalue weighted by Crippen LogP contribution is 2.28. The zero-order valence-corrected chi connectivity index (χ0v) is 18.4. The van der Waals surface area contributed by atoms with E-state index in [0.717, 1.165) is 5.39 Å². The Balaban J connectivity index is 1.43. The average molecular weight is 450 g/mol. The second-order valence-corrected chi connectivity index (χ2v) is 7.96. The molecule has 3 atom stereocenters. The summed E-state index contributed by atoms with van der Waals surface area (Å²) < 4.78 is 11.4. The van der Waals surface area contributed by atoms with Crippen LogP contribution in [0.3, 0.4) is 0 Å². The Morgan fingerprint density at radius 3 is 2.48 bits per heavy atom. The Morgan fingerprint density at radius 2 is 1.73 bits per heavy atom. The zero-order valence-electron chi connectivity index (χ0n) is 18.4. The van der Waals surface area contributed by atoms with Gasteiger partial charge in [-0.2, -0.15) is 0 Å². The molecule has 33 heavy (non-hydrogen) atoms. The van der Waals surface area contributed by atoms with Crippen LogP contribution in [-0.2, 0) is 4.79 Å². The van der Waals surface area contributed by atoms with E-state index in [1.54, 1.807) is 18.2 Å². The van der Waals surface area contributed by atoms with Gasteiger partial charge in [-0.25, -0.2) is 4.98 Å². The lowest BCUT2D eigenvalue weighted by Crippen LogP contribution is -2.55. The van der Waals surface area contributed by atoms with Crippen molar-refractivity contribution in [2.45, 2.75) is 38.0 Å². The van der Waals surface area contributed by atoms with E-state index in [1.165, 1.54) is 0 Å². The second kappa shape index (κ2) is 10.3. The molecule has 3 N–H and O–H groups in total. The van der Waals surface area contributed by atoms with Crippen molar-refractivity contribution in [1.82, 2.24) is 15.6 Å². The number of amides is 2. The number of hydrogen-bond acceptors (Lipinski definition) is 6. The van der Waals surface area contributed by atoms with Crippen molar-refractivity contribution in [2.75, 3.05) is 13.2 Å². The minimum Gasteiger partial charge on any atom is -0.487 e. The van der Waals surface area contributed by atoms with Gasteiger partial charge in [0, 0.05) is 5.39 Å². The molecule has 0 spiro atoms. The van der Waals surface area contributed by atoms with Crippen LogP contribution in [0.15, 0.2) is 60.7 Å². The zero-order chi connectivity index (χ0) is 23.2. The molecule has 1 aromatic heterocycles. The van der Waals surface area contributed by atoms with Gasteiger partial charge in [0.05, 0.1) is 11.6 Å². The van der Waals surface area contributed by atoms with Gasteiger partial charge in [-0.05, 0) is 30.7 Å². The Morgan fingerprint density at radius 1 is 1.03 bits per heavy atom. The molecular formula is C25H27N3O5. The molecule has 1 aliphatic heterocycles. The number of benzene rings is 2. The summed E-state index contributed by atoms with van der Waals surface area (Å²) in [5.74, 6) is 0.262. The van der Waals surface area contributed by atoms with E-state index in [2.05, 4.69) is 15.6 Å². The van der Waals surface area contributed by atoms with Crippen molar-refractivity contribution in [3.05, 3.63) is 66.4 Å². The van der Waals surface area contributed by atoms with Gasteiger partial charge < -0.3 is 25.2 Å². The number of aromatic nitrogens is 1. The molecule has 8 nitrogen and oxygen atoms in total. The molecule has 0 aliphatic carbocycles. The Hall–Kier alpha value is -3.65. The van der Waals surface area contributed by atoms with Gasteiger partial charge in [-0.1, -0.05) is 49.7 Å². The third-order valence-electron chi connectivity index (χ3n) is 5.50. The number of aliphatic hydroxyl groups excluding tert-OH is 1. The fourth-order valence-corrected chi connectivity index (χ4v) is 3.67. The van der Waals surface area contributed by atoms with Crippen molar-refractivity contribution >= 4 is 22.7 Å². The van der Waals surface area contributed by atoms with E-state index in [0.29, 0.717) is 29.9 Å². The van der Waals surface area contributed by atoms with Gasteiger partial charge in [-0.3, -0.25) is 9.59 Å². The number of hydrogen-bond donors (Lipinski definition) is 3. The van der Waals surface area contributed by atoms with E-state index in [9.17, 15) is 14.7 Å². The quantitative estimate of drug-likeness (QED) is 0.533. The van der Waals surface area contributed by atoms with Crippen LogP contribution in [0.5, 0.6) is 11.5 Å². The minimum absolute atomic E-state index is 0.0110. The Labute approximate surface area is 191 Å². The molecule has 0 fully saturated rings. The van der Waals surface area contributed by atoms with Crippen LogP contribution in [0.2, 0.25) is 0 Å². The Kier molecular flexibility index (Phi) is 7.04. The lowest BCUT2D eigenvalue weighted by Gasteiger charge is -2.29. The molecule has 1 aliphatic rings. The minimum atomic E-state index is -0.970. The molecule has 2 heterocycles. The SMILES string of the molecule is CCC[C@H](NC(=O)c1ccc2ccccc2n1)C(=O)NC1COc2ccccc2OCC1O. The van der Waals surface area contributed by atoms with Crippen molar-refractivity contribution < 1.29 is 24.2 Å². The predicted molar refractivity (Wildman–Crippen MR) is 123 cm³/mol. The first-order valence-electron chi connectivity index (χ1n) is 11.0. The molecule has 0 radical (unpaired) electrons. The first-order chi connectivity index (χ1) is 16.0. The summed E-state index contributed by atoms with van der Waals surface area (Å²) in [5.41, 5.74) is 0.943. The second-order valence-electron chi connectivity index (χ2n) is 7.96. The highest BCUT2D eigenvalue weighted by molar-refractivity contribution is 5.97. The lowest BCUT2D eigenvalue weighted by atomic mass is 10.1. The number of nitrogens with one attached hydrogen (secondary N) is 2. The summed E-state index contributed by atoms with van der Waals surface area (Å²) in [4.78, 5) is 30.2. The number of carbonyl (C=O) groups is 2. The molecule has 3 aromatic rings. The van der Waals surface area contributed by atoms with Gasteiger partial charge in [0.2, 0.25) is 5.91 Å². The van der Waals surface area contributed by atoms with Crippen LogP contribution in [0.1, 0.15) is 30.3 Å². The lowest BCUT2D eigenvalue weighted by molar-refractivity contribution is -0.125. The van der Waals surface area contributed by atoms with Crippen LogP contribution in [0, 0.1) is 0 Å². The summed E-state index contributed by atoms with van der Waals surface area (Å²) in [6, 6.07) is 16.7. The molecule has 4 rings (SSSR count). The van der Waals surface area contributed by atoms with Crippen LogP contribution in [0.25, 0.3) is 10.9 Å². The standard InChI is InChI=1S/C25H27N3O5/c1-2-7-18(27-25(31)19-13-12-16-8-3-4-9-17(16)26-19)24(30)28-20-14-32-22-10-5-6-11-23(22)33-15-21(20)29/h3-6,8-13,18,20-21,29H,2,7,14-15H2,1H3,(H,27,31)(H,28,30)/t18-,20?,21?/m0/s1. The monoisotopic (exact) mass is 449 g/mol. The summed E-state index contributed by atoms with van der Waals surface area (Å²) in [6.45, 7) is 2.02. The van der Waals surface area contributed by atoms with E-state index in [1.807, 2.05) is 49.4 Å². The van der Waals surface area contributed by atoms with Crippen molar-refractivity contribution in [1.29, 1.82) is 0 Å². The maximum absolute atomic E-state index is 13.0. The molecule has 2 amide bonds. The van der Waals surface area contributed by atoms with E-state index < -0.39 is 30.0 Å². The summed E-state index contributed by atoms with van der Waals surface area (Å²) in [7, 11) is 0. The van der Waals surface area contributed by atoms with E-state index in [-0.39, 0.29) is 18.9 Å². The average Bonchev–Trinajstić information content (AvgIpc) is 2.83. The fourth-order valence-electron chi connectivity index (χ4n) is 3.67. The number of para-hydroxylation sites is 3. The maximum atomic E-state index is 13.0. The highest BCUT2D eigenvalue weighted by atomic mass is 16.5. The smallest absolute Gasteiger partial charge is 0.270 e. The molecule has 2 aromatic carbocycles. The molecule has 0 saturated heterocycles. The van der Waals surface area contributed by atoms with Gasteiger partial charge in [-0.15, -0.1) is 0 Å². The number of fused-ring (bicyclic) bond motifs is 2. The maximum Gasteiger partial charge on any atom is 0.270 e. The Bertz CT molecular complexity index is 1140. The molecule has 8 heteroatoms. The molecule has 0 saturated carbocycles. The van der Waals surface area contributed by atoms with Crippen molar-refractivity contribution in [3.8, 4) is 11.5 Å². The van der Waals surface area contributed by atoms with E-state index in [4.69, 9.17) is 9.47 Å². The topological polar surface area (TPSA) is 110 Å². The molecule has 2 unspecified atom stereocenters. The first-order valence-corrected chi connectivity index (χ1v) is 11.0. The number of pyridine rings is 1. The normalized spacial score (nSPS) is 18.6. The van der Waals surface area contributed by atoms with Gasteiger partial charge in [0.25, 0.3) is 5.91 Å². The molecule has 172 valence electrons. The summed E-state index contributed by atoms with van der Waals surface area (Å²) in [5, 5.41) is 17.0. The number of ether oxygens (including phenoxy) is 2. The highest BCUT2D eigenvalue weighted by Gasteiger charge is 2.29. The summed E-state index contributed by atoms with van der Waals surface area (Å²) in [6.07, 6.45) is 0.153. The summed E-state index contributed by atoms with van der Waals surface area (Å²) >= 11 is 0. The van der Waals surface area contributed by atoms with Gasteiger partial charge >= 0.3 is 0 Å². The number of rotatable bonds is 6. The number of carbonyl (C=O) groups excluding carboxylic acids is 2. The fraction of sp³-hybridized carbons (Fsp3) is 0.320. The number of nitrogens with zero attached hydrogens (tertiary/aromatic N) is 1. The van der Waals surface area contributed by atoms with Gasteiger partial charge in [0.1, 0.15) is 31.1 Å². The van der Waals surface area contributed by atoms with Crippen LogP contribution in [0.4, 0.5) is 0 Å². The third-order valence-corrected chi connectivity index (χ3v) is 5.50. The third kappa shape index (κ3) is 5.40.